The lowest BCUT2D eigenvalue weighted by molar-refractivity contribution is 0.0983. The number of imidazole rings is 1. The molecule has 0 atom stereocenters. The van der Waals surface area contributed by atoms with Crippen molar-refractivity contribution in [1.29, 1.82) is 0 Å². The summed E-state index contributed by atoms with van der Waals surface area (Å²) in [4.78, 5) is 18.5. The highest BCUT2D eigenvalue weighted by atomic mass is 16.6. The summed E-state index contributed by atoms with van der Waals surface area (Å²) in [7, 11) is 0. The first-order valence-corrected chi connectivity index (χ1v) is 9.82. The molecule has 1 amide bonds. The van der Waals surface area contributed by atoms with E-state index in [1.807, 2.05) is 38.1 Å². The van der Waals surface area contributed by atoms with E-state index in [2.05, 4.69) is 16.0 Å². The Hall–Kier alpha value is -2.96. The highest BCUT2D eigenvalue weighted by Gasteiger charge is 2.25. The first kappa shape index (κ1) is 18.4. The van der Waals surface area contributed by atoms with E-state index in [-0.39, 0.29) is 12.1 Å². The molecule has 1 aromatic carbocycles. The van der Waals surface area contributed by atoms with Crippen LogP contribution in [0.2, 0.25) is 0 Å². The van der Waals surface area contributed by atoms with E-state index in [9.17, 15) is 4.79 Å². The molecule has 0 spiro atoms. The first-order valence-electron chi connectivity index (χ1n) is 9.82. The molecule has 1 saturated heterocycles. The molecular weight excluding hydrogens is 356 g/mol. The van der Waals surface area contributed by atoms with E-state index in [1.165, 1.54) is 0 Å². The number of hydrogen-bond acceptors (Lipinski definition) is 5. The second-order valence-corrected chi connectivity index (χ2v) is 7.12. The maximum absolute atomic E-state index is 11.9. The Morgan fingerprint density at radius 1 is 1.29 bits per heavy atom. The third-order valence-corrected chi connectivity index (χ3v) is 5.30. The highest BCUT2D eigenvalue weighted by Crippen LogP contribution is 2.25. The fraction of sp³-hybridized carbons (Fsp3) is 0.429. The molecule has 148 valence electrons. The van der Waals surface area contributed by atoms with Crippen molar-refractivity contribution in [3.8, 4) is 0 Å². The normalized spacial score (nSPS) is 15.1. The van der Waals surface area contributed by atoms with Gasteiger partial charge < -0.3 is 23.9 Å². The van der Waals surface area contributed by atoms with Gasteiger partial charge in [0.05, 0.1) is 30.4 Å². The summed E-state index contributed by atoms with van der Waals surface area (Å²) in [5.41, 5.74) is 3.20. The molecule has 28 heavy (non-hydrogen) atoms. The molecule has 0 unspecified atom stereocenters. The molecule has 0 aliphatic carbocycles. The number of furan rings is 1. The van der Waals surface area contributed by atoms with Gasteiger partial charge in [-0.3, -0.25) is 0 Å². The number of anilines is 1. The van der Waals surface area contributed by atoms with Crippen molar-refractivity contribution in [2.45, 2.75) is 39.3 Å². The van der Waals surface area contributed by atoms with E-state index in [4.69, 9.17) is 14.1 Å². The van der Waals surface area contributed by atoms with Gasteiger partial charge in [-0.05, 0) is 44.9 Å². The summed E-state index contributed by atoms with van der Waals surface area (Å²) in [5.74, 6) is 1.78. The summed E-state index contributed by atoms with van der Waals surface area (Å²) in [5, 5.41) is 3.60. The van der Waals surface area contributed by atoms with Crippen molar-refractivity contribution in [2.75, 3.05) is 25.0 Å². The number of carbonyl (C=O) groups is 1. The standard InChI is InChI=1S/C21H26N4O3/c1-3-27-21(26)24-11-8-17(9-12-24)22-20-23-18-6-4-5-7-19(18)25(20)14-16-10-13-28-15(16)2/h4-7,10,13,17H,3,8-9,11-12,14H2,1-2H3,(H,22,23). The van der Waals surface area contributed by atoms with Crippen LogP contribution in [0.25, 0.3) is 11.0 Å². The second-order valence-electron chi connectivity index (χ2n) is 7.12. The Labute approximate surface area is 164 Å². The quantitative estimate of drug-likeness (QED) is 0.722. The maximum atomic E-state index is 11.9. The molecule has 7 nitrogen and oxygen atoms in total. The molecule has 1 aliphatic rings. The van der Waals surface area contributed by atoms with E-state index >= 15 is 0 Å². The van der Waals surface area contributed by atoms with Gasteiger partial charge in [0.1, 0.15) is 5.76 Å². The molecular formula is C21H26N4O3. The number of para-hydroxylation sites is 2. The Balaban J connectivity index is 1.52. The van der Waals surface area contributed by atoms with Gasteiger partial charge in [0.15, 0.2) is 0 Å². The molecule has 1 fully saturated rings. The van der Waals surface area contributed by atoms with Gasteiger partial charge in [-0.25, -0.2) is 9.78 Å². The minimum absolute atomic E-state index is 0.219. The number of aryl methyl sites for hydroxylation is 1. The van der Waals surface area contributed by atoms with E-state index in [0.29, 0.717) is 26.2 Å². The van der Waals surface area contributed by atoms with Crippen LogP contribution in [0.3, 0.4) is 0 Å². The number of hydrogen-bond donors (Lipinski definition) is 1. The Morgan fingerprint density at radius 3 is 2.79 bits per heavy atom. The Kier molecular flexibility index (Phi) is 5.23. The topological polar surface area (TPSA) is 72.5 Å². The monoisotopic (exact) mass is 382 g/mol. The summed E-state index contributed by atoms with van der Waals surface area (Å²) in [6.07, 6.45) is 3.24. The number of piperidine rings is 1. The fourth-order valence-electron chi connectivity index (χ4n) is 3.70. The average molecular weight is 382 g/mol. The first-order chi connectivity index (χ1) is 13.7. The number of aromatic nitrogens is 2. The summed E-state index contributed by atoms with van der Waals surface area (Å²) in [6.45, 7) is 6.31. The van der Waals surface area contributed by atoms with Crippen LogP contribution in [0.5, 0.6) is 0 Å². The van der Waals surface area contributed by atoms with Crippen LogP contribution in [0.4, 0.5) is 10.7 Å². The van der Waals surface area contributed by atoms with Crippen molar-refractivity contribution in [3.05, 3.63) is 47.9 Å². The predicted molar refractivity (Wildman–Crippen MR) is 108 cm³/mol. The van der Waals surface area contributed by atoms with E-state index < -0.39 is 0 Å². The average Bonchev–Trinajstić information content (AvgIpc) is 3.26. The number of ether oxygens (including phenoxy) is 1. The molecule has 0 bridgehead atoms. The summed E-state index contributed by atoms with van der Waals surface area (Å²) in [6, 6.07) is 10.4. The van der Waals surface area contributed by atoms with Crippen LogP contribution in [0.15, 0.2) is 41.0 Å². The largest absolute Gasteiger partial charge is 0.469 e. The lowest BCUT2D eigenvalue weighted by atomic mass is 10.1. The number of nitrogens with zero attached hydrogens (tertiary/aromatic N) is 3. The smallest absolute Gasteiger partial charge is 0.409 e. The van der Waals surface area contributed by atoms with Gasteiger partial charge in [-0.15, -0.1) is 0 Å². The van der Waals surface area contributed by atoms with Crippen molar-refractivity contribution in [2.24, 2.45) is 0 Å². The number of benzene rings is 1. The van der Waals surface area contributed by atoms with E-state index in [1.54, 1.807) is 11.2 Å². The minimum atomic E-state index is -0.219. The minimum Gasteiger partial charge on any atom is -0.469 e. The van der Waals surface area contributed by atoms with Crippen LogP contribution in [-0.4, -0.2) is 46.3 Å². The van der Waals surface area contributed by atoms with Crippen molar-refractivity contribution in [3.63, 3.8) is 0 Å². The van der Waals surface area contributed by atoms with Gasteiger partial charge >= 0.3 is 6.09 Å². The van der Waals surface area contributed by atoms with Gasteiger partial charge in [-0.2, -0.15) is 0 Å². The summed E-state index contributed by atoms with van der Waals surface area (Å²) < 4.78 is 12.8. The Bertz CT molecular complexity index is 954. The van der Waals surface area contributed by atoms with Gasteiger partial charge in [0.25, 0.3) is 0 Å². The van der Waals surface area contributed by atoms with Crippen LogP contribution in [0, 0.1) is 6.92 Å². The molecule has 3 aromatic rings. The van der Waals surface area contributed by atoms with Crippen molar-refractivity contribution < 1.29 is 13.9 Å². The SMILES string of the molecule is CCOC(=O)N1CCC(Nc2nc3ccccc3n2Cc2ccoc2C)CC1. The van der Waals surface area contributed by atoms with Gasteiger partial charge in [0, 0.05) is 24.7 Å². The molecule has 4 rings (SSSR count). The number of fused-ring (bicyclic) bond motifs is 1. The van der Waals surface area contributed by atoms with Crippen LogP contribution < -0.4 is 5.32 Å². The number of rotatable bonds is 5. The zero-order chi connectivity index (χ0) is 19.5. The molecule has 7 heteroatoms. The predicted octanol–water partition coefficient (Wildman–Crippen LogP) is 4.02. The molecule has 1 aliphatic heterocycles. The van der Waals surface area contributed by atoms with Gasteiger partial charge in [0.2, 0.25) is 5.95 Å². The molecule has 2 aromatic heterocycles. The zero-order valence-electron chi connectivity index (χ0n) is 16.4. The summed E-state index contributed by atoms with van der Waals surface area (Å²) >= 11 is 0. The highest BCUT2D eigenvalue weighted by molar-refractivity contribution is 5.78. The van der Waals surface area contributed by atoms with Crippen molar-refractivity contribution in [1.82, 2.24) is 14.5 Å². The third-order valence-electron chi connectivity index (χ3n) is 5.30. The molecule has 1 N–H and O–H groups in total. The van der Waals surface area contributed by atoms with Crippen LogP contribution in [0.1, 0.15) is 31.1 Å². The van der Waals surface area contributed by atoms with Crippen LogP contribution in [-0.2, 0) is 11.3 Å². The molecule has 0 radical (unpaired) electrons. The zero-order valence-corrected chi connectivity index (χ0v) is 16.4. The molecule has 3 heterocycles. The lowest BCUT2D eigenvalue weighted by Gasteiger charge is -2.31. The number of carbonyl (C=O) groups excluding carboxylic acids is 1. The van der Waals surface area contributed by atoms with Gasteiger partial charge in [-0.1, -0.05) is 12.1 Å². The second kappa shape index (κ2) is 7.96. The number of nitrogens with one attached hydrogen (secondary N) is 1. The Morgan fingerprint density at radius 2 is 2.07 bits per heavy atom. The fourth-order valence-corrected chi connectivity index (χ4v) is 3.70. The number of amides is 1. The molecule has 0 saturated carbocycles. The lowest BCUT2D eigenvalue weighted by Crippen LogP contribution is -2.42. The van der Waals surface area contributed by atoms with Crippen LogP contribution >= 0.6 is 0 Å². The third kappa shape index (κ3) is 3.69. The maximum Gasteiger partial charge on any atom is 0.409 e. The van der Waals surface area contributed by atoms with E-state index in [0.717, 1.165) is 41.1 Å². The number of likely N-dealkylation sites (tertiary alicyclic amines) is 1. The van der Waals surface area contributed by atoms with Crippen molar-refractivity contribution >= 4 is 23.1 Å².